The molecule has 4 rings (SSSR count). The molecule has 0 unspecified atom stereocenters. The Morgan fingerprint density at radius 2 is 1.97 bits per heavy atom. The molecule has 1 aliphatic rings. The van der Waals surface area contributed by atoms with Crippen molar-refractivity contribution < 1.29 is 18.4 Å². The van der Waals surface area contributed by atoms with Gasteiger partial charge in [-0.25, -0.2) is 8.78 Å². The molecule has 0 aromatic carbocycles. The monoisotopic (exact) mass is 548 g/mol. The number of carbonyl (C=O) groups excluding carboxylic acids is 2. The summed E-state index contributed by atoms with van der Waals surface area (Å²) in [6.45, 7) is 2.34. The van der Waals surface area contributed by atoms with Gasteiger partial charge in [-0.2, -0.15) is 10.2 Å². The van der Waals surface area contributed by atoms with Gasteiger partial charge in [0, 0.05) is 30.5 Å². The molecule has 0 spiro atoms. The number of hydrogen-bond donors (Lipinski definition) is 3. The fourth-order valence-corrected chi connectivity index (χ4v) is 5.20. The largest absolute Gasteiger partial charge is 0.379 e. The molecule has 2 amide bonds. The summed E-state index contributed by atoms with van der Waals surface area (Å²) in [5.74, 6) is -3.59. The number of nitrogens with one attached hydrogen (secondary N) is 3. The first-order valence-electron chi connectivity index (χ1n) is 11.9. The lowest BCUT2D eigenvalue weighted by atomic mass is 9.82. The molecular formula is C25H27ClF2N6O2S. The van der Waals surface area contributed by atoms with Gasteiger partial charge in [0.05, 0.1) is 39.4 Å². The molecule has 196 valence electrons. The lowest BCUT2D eigenvalue weighted by molar-refractivity contribution is -0.118. The third-order valence-corrected chi connectivity index (χ3v) is 7.56. The minimum absolute atomic E-state index is 0.0936. The number of pyridine rings is 1. The molecule has 3 N–H and O–H groups in total. The molecule has 1 fully saturated rings. The van der Waals surface area contributed by atoms with Crippen LogP contribution in [0.25, 0.3) is 0 Å². The second-order valence-corrected chi connectivity index (χ2v) is 10.7. The van der Waals surface area contributed by atoms with Crippen LogP contribution in [0.15, 0.2) is 42.9 Å². The number of halogens is 3. The number of alkyl halides is 2. The van der Waals surface area contributed by atoms with Crippen molar-refractivity contribution in [1.82, 2.24) is 20.5 Å². The summed E-state index contributed by atoms with van der Waals surface area (Å²) in [5.41, 5.74) is 2.04. The Morgan fingerprint density at radius 1 is 1.19 bits per heavy atom. The van der Waals surface area contributed by atoms with E-state index in [4.69, 9.17) is 11.6 Å². The van der Waals surface area contributed by atoms with Gasteiger partial charge in [0.2, 0.25) is 11.8 Å². The van der Waals surface area contributed by atoms with Crippen molar-refractivity contribution in [1.29, 1.82) is 0 Å². The van der Waals surface area contributed by atoms with E-state index in [2.05, 4.69) is 31.1 Å². The second-order valence-electron chi connectivity index (χ2n) is 9.09. The fraction of sp³-hybridized carbons (Fsp3) is 0.400. The Hall–Kier alpha value is -3.18. The first kappa shape index (κ1) is 26.9. The van der Waals surface area contributed by atoms with Crippen LogP contribution in [0.4, 0.5) is 20.2 Å². The van der Waals surface area contributed by atoms with E-state index in [1.807, 2.05) is 13.0 Å². The molecule has 0 radical (unpaired) electrons. The zero-order valence-electron chi connectivity index (χ0n) is 20.1. The summed E-state index contributed by atoms with van der Waals surface area (Å²) in [4.78, 5) is 31.7. The number of aryl methyl sites for hydroxylation is 1. The fourth-order valence-electron chi connectivity index (χ4n) is 4.19. The number of aromatic nitrogens is 3. The maximum atomic E-state index is 13.6. The van der Waals surface area contributed by atoms with E-state index in [9.17, 15) is 18.4 Å². The highest BCUT2D eigenvalue weighted by atomic mass is 35.5. The Kier molecular flexibility index (Phi) is 8.65. The van der Waals surface area contributed by atoms with E-state index in [1.54, 1.807) is 24.4 Å². The number of hydrogen-bond acceptors (Lipinski definition) is 7. The van der Waals surface area contributed by atoms with Crippen molar-refractivity contribution in [2.24, 2.45) is 5.92 Å². The van der Waals surface area contributed by atoms with Crippen LogP contribution in [0.3, 0.4) is 0 Å². The first-order valence-corrected chi connectivity index (χ1v) is 13.1. The molecule has 0 aliphatic heterocycles. The van der Waals surface area contributed by atoms with E-state index in [-0.39, 0.29) is 25.2 Å². The van der Waals surface area contributed by atoms with Crippen LogP contribution in [0, 0.1) is 12.8 Å². The zero-order valence-corrected chi connectivity index (χ0v) is 21.7. The van der Waals surface area contributed by atoms with Crippen LogP contribution in [0.5, 0.6) is 0 Å². The zero-order chi connectivity index (χ0) is 26.4. The predicted octanol–water partition coefficient (Wildman–Crippen LogP) is 5.46. The molecule has 0 saturated heterocycles. The minimum Gasteiger partial charge on any atom is -0.379 e. The molecule has 0 bridgehead atoms. The predicted molar refractivity (Wildman–Crippen MR) is 139 cm³/mol. The minimum atomic E-state index is -2.67. The molecule has 1 atom stereocenters. The number of anilines is 2. The van der Waals surface area contributed by atoms with Gasteiger partial charge in [0.1, 0.15) is 6.04 Å². The first-order chi connectivity index (χ1) is 17.7. The van der Waals surface area contributed by atoms with Crippen molar-refractivity contribution in [3.05, 3.63) is 63.3 Å². The van der Waals surface area contributed by atoms with Crippen LogP contribution >= 0.6 is 22.9 Å². The van der Waals surface area contributed by atoms with Crippen LogP contribution in [-0.2, 0) is 11.3 Å². The molecule has 3 aromatic rings. The Labute approximate surface area is 222 Å². The number of carbonyl (C=O) groups is 2. The van der Waals surface area contributed by atoms with E-state index in [0.29, 0.717) is 35.0 Å². The summed E-state index contributed by atoms with van der Waals surface area (Å²) < 4.78 is 27.3. The summed E-state index contributed by atoms with van der Waals surface area (Å²) in [7, 11) is 0. The SMILES string of the molecule is Cc1ncc(Cl)cc1NCc1ccc(C(=O)N[C@@H](CC2CCC(F)(F)CC2)C(=O)Nc2ccnnc2)s1. The van der Waals surface area contributed by atoms with E-state index < -0.39 is 23.8 Å². The van der Waals surface area contributed by atoms with Gasteiger partial charge in [-0.15, -0.1) is 11.3 Å². The number of amides is 2. The van der Waals surface area contributed by atoms with Crippen LogP contribution < -0.4 is 16.0 Å². The standard InChI is InChI=1S/C25H27ClF2N6O2S/c1-15-20(11-17(26)12-29-15)30-14-19-2-3-22(37-19)24(36)34-21(10-16-4-7-25(27,28)8-5-16)23(35)33-18-6-9-31-32-13-18/h2-3,6,9,11-13,16,21,30H,4-5,7-8,10,14H2,1H3,(H,34,36)(H,31,33,35)/t21-/m0/s1. The third-order valence-electron chi connectivity index (χ3n) is 6.27. The van der Waals surface area contributed by atoms with Crippen molar-refractivity contribution in [3.63, 3.8) is 0 Å². The maximum absolute atomic E-state index is 13.6. The Balaban J connectivity index is 1.41. The average molecular weight is 549 g/mol. The smallest absolute Gasteiger partial charge is 0.262 e. The highest BCUT2D eigenvalue weighted by molar-refractivity contribution is 7.14. The molecule has 37 heavy (non-hydrogen) atoms. The Bertz CT molecular complexity index is 1230. The van der Waals surface area contributed by atoms with E-state index >= 15 is 0 Å². The molecule has 3 heterocycles. The highest BCUT2D eigenvalue weighted by Gasteiger charge is 2.36. The number of nitrogens with zero attached hydrogens (tertiary/aromatic N) is 3. The molecule has 12 heteroatoms. The van der Waals surface area contributed by atoms with Gasteiger partial charge in [-0.05, 0) is 56.4 Å². The van der Waals surface area contributed by atoms with Gasteiger partial charge in [0.25, 0.3) is 5.91 Å². The summed E-state index contributed by atoms with van der Waals surface area (Å²) >= 11 is 7.32. The molecule has 1 saturated carbocycles. The summed E-state index contributed by atoms with van der Waals surface area (Å²) in [6.07, 6.45) is 4.86. The van der Waals surface area contributed by atoms with Crippen LogP contribution in [0.2, 0.25) is 5.02 Å². The van der Waals surface area contributed by atoms with Gasteiger partial charge in [0.15, 0.2) is 0 Å². The lowest BCUT2D eigenvalue weighted by Crippen LogP contribution is -2.45. The molecule has 1 aliphatic carbocycles. The van der Waals surface area contributed by atoms with Gasteiger partial charge in [-0.1, -0.05) is 11.6 Å². The number of rotatable bonds is 9. The van der Waals surface area contributed by atoms with Crippen molar-refractivity contribution in [3.8, 4) is 0 Å². The second kappa shape index (κ2) is 11.9. The van der Waals surface area contributed by atoms with E-state index in [1.165, 1.54) is 23.7 Å². The van der Waals surface area contributed by atoms with Gasteiger partial charge < -0.3 is 16.0 Å². The molecular weight excluding hydrogens is 522 g/mol. The van der Waals surface area contributed by atoms with Crippen LogP contribution in [-0.4, -0.2) is 39.0 Å². The topological polar surface area (TPSA) is 109 Å². The molecule has 8 nitrogen and oxygen atoms in total. The maximum Gasteiger partial charge on any atom is 0.262 e. The normalized spacial score (nSPS) is 16.1. The third kappa shape index (κ3) is 7.65. The highest BCUT2D eigenvalue weighted by Crippen LogP contribution is 2.38. The van der Waals surface area contributed by atoms with Crippen molar-refractivity contribution >= 4 is 46.1 Å². The van der Waals surface area contributed by atoms with Gasteiger partial charge >= 0.3 is 0 Å². The van der Waals surface area contributed by atoms with Crippen LogP contribution in [0.1, 0.15) is 52.3 Å². The molecule has 3 aromatic heterocycles. The average Bonchev–Trinajstić information content (AvgIpc) is 3.35. The number of thiophene rings is 1. The lowest BCUT2D eigenvalue weighted by Gasteiger charge is -2.30. The Morgan fingerprint density at radius 3 is 2.70 bits per heavy atom. The summed E-state index contributed by atoms with van der Waals surface area (Å²) in [6, 6.07) is 6.01. The summed E-state index contributed by atoms with van der Waals surface area (Å²) in [5, 5.41) is 16.8. The van der Waals surface area contributed by atoms with Gasteiger partial charge in [-0.3, -0.25) is 14.6 Å². The quantitative estimate of drug-likeness (QED) is 0.328. The van der Waals surface area contributed by atoms with Crippen molar-refractivity contribution in [2.45, 2.75) is 57.5 Å². The van der Waals surface area contributed by atoms with Crippen molar-refractivity contribution in [2.75, 3.05) is 10.6 Å². The van der Waals surface area contributed by atoms with E-state index in [0.717, 1.165) is 16.3 Å².